The lowest BCUT2D eigenvalue weighted by Crippen LogP contribution is -2.12. The number of aromatic carboxylic acids is 1. The maximum atomic E-state index is 11.0. The Kier molecular flexibility index (Phi) is 1.82. The number of fused-ring (bicyclic) bond motifs is 4. The van der Waals surface area contributed by atoms with Gasteiger partial charge in [-0.25, -0.2) is 9.79 Å². The topological polar surface area (TPSA) is 62.0 Å². The second-order valence-corrected chi connectivity index (χ2v) is 4.52. The summed E-state index contributed by atoms with van der Waals surface area (Å²) >= 11 is 0. The zero-order chi connectivity index (χ0) is 13.0. The molecule has 0 radical (unpaired) electrons. The van der Waals surface area contributed by atoms with Gasteiger partial charge in [0.1, 0.15) is 0 Å². The van der Waals surface area contributed by atoms with Crippen LogP contribution in [0.15, 0.2) is 46.5 Å². The van der Waals surface area contributed by atoms with E-state index in [1.807, 2.05) is 18.2 Å². The van der Waals surface area contributed by atoms with E-state index in [0.717, 1.165) is 33.1 Å². The Morgan fingerprint density at radius 2 is 1.95 bits per heavy atom. The first kappa shape index (κ1) is 10.2. The largest absolute Gasteiger partial charge is 0.478 e. The maximum absolute atomic E-state index is 11.0. The van der Waals surface area contributed by atoms with Gasteiger partial charge in [-0.15, -0.1) is 0 Å². The van der Waals surface area contributed by atoms with Gasteiger partial charge >= 0.3 is 5.97 Å². The van der Waals surface area contributed by atoms with Crippen LogP contribution in [0.5, 0.6) is 0 Å². The molecule has 0 saturated heterocycles. The van der Waals surface area contributed by atoms with E-state index < -0.39 is 5.97 Å². The van der Waals surface area contributed by atoms with Gasteiger partial charge in [0.25, 0.3) is 0 Å². The van der Waals surface area contributed by atoms with Crippen molar-refractivity contribution in [3.63, 3.8) is 0 Å². The van der Waals surface area contributed by atoms with Crippen molar-refractivity contribution in [3.8, 4) is 11.1 Å². The Labute approximate surface area is 108 Å². The molecule has 2 heterocycles. The fraction of sp³-hybridized carbons (Fsp3) is 0. The zero-order valence-corrected chi connectivity index (χ0v) is 9.79. The van der Waals surface area contributed by atoms with Crippen LogP contribution in [0.2, 0.25) is 0 Å². The van der Waals surface area contributed by atoms with E-state index in [0.29, 0.717) is 0 Å². The first-order valence-electron chi connectivity index (χ1n) is 5.87. The number of rotatable bonds is 1. The van der Waals surface area contributed by atoms with E-state index in [1.165, 1.54) is 0 Å². The third-order valence-corrected chi connectivity index (χ3v) is 3.39. The fourth-order valence-electron chi connectivity index (χ4n) is 2.46. The van der Waals surface area contributed by atoms with Crippen LogP contribution in [-0.4, -0.2) is 11.1 Å². The summed E-state index contributed by atoms with van der Waals surface area (Å²) < 4.78 is 0. The number of carbonyl (C=O) groups is 1. The van der Waals surface area contributed by atoms with E-state index in [-0.39, 0.29) is 5.56 Å². The lowest BCUT2D eigenvalue weighted by Gasteiger charge is -2.01. The smallest absolute Gasteiger partial charge is 0.335 e. The summed E-state index contributed by atoms with van der Waals surface area (Å²) in [5.41, 5.74) is 3.95. The Morgan fingerprint density at radius 1 is 1.05 bits per heavy atom. The van der Waals surface area contributed by atoms with Crippen LogP contribution in [0.1, 0.15) is 15.9 Å². The Balaban J connectivity index is 2.02. The van der Waals surface area contributed by atoms with Gasteiger partial charge in [-0.3, -0.25) is 4.99 Å². The molecule has 0 unspecified atom stereocenters. The first-order chi connectivity index (χ1) is 9.22. The highest BCUT2D eigenvalue weighted by molar-refractivity contribution is 5.92. The van der Waals surface area contributed by atoms with Crippen LogP contribution >= 0.6 is 0 Å². The van der Waals surface area contributed by atoms with Crippen LogP contribution in [0, 0.1) is 0 Å². The zero-order valence-electron chi connectivity index (χ0n) is 9.79. The van der Waals surface area contributed by atoms with Crippen molar-refractivity contribution in [1.29, 1.82) is 0 Å². The minimum Gasteiger partial charge on any atom is -0.478 e. The van der Waals surface area contributed by atoms with E-state index in [4.69, 9.17) is 5.11 Å². The van der Waals surface area contributed by atoms with Crippen molar-refractivity contribution in [1.82, 2.24) is 0 Å². The molecule has 0 fully saturated rings. The Morgan fingerprint density at radius 3 is 2.79 bits per heavy atom. The molecular weight excluding hydrogens is 240 g/mol. The van der Waals surface area contributed by atoms with Crippen LogP contribution < -0.4 is 10.7 Å². The SMILES string of the molecule is O=C(O)c1ccc2c(c1)-c1cc3c(cc1=N2)C=CN=3. The van der Waals surface area contributed by atoms with Crippen LogP contribution in [0.3, 0.4) is 0 Å². The minimum atomic E-state index is -0.927. The van der Waals surface area contributed by atoms with E-state index in [1.54, 1.807) is 24.4 Å². The lowest BCUT2D eigenvalue weighted by molar-refractivity contribution is 0.0697. The molecule has 2 aliphatic heterocycles. The summed E-state index contributed by atoms with van der Waals surface area (Å²) in [6.07, 6.45) is 3.70. The first-order valence-corrected chi connectivity index (χ1v) is 5.87. The quantitative estimate of drug-likeness (QED) is 0.715. The maximum Gasteiger partial charge on any atom is 0.335 e. The van der Waals surface area contributed by atoms with Crippen molar-refractivity contribution in [2.75, 3.05) is 0 Å². The molecule has 0 aromatic heterocycles. The van der Waals surface area contributed by atoms with Gasteiger partial charge in [-0.05, 0) is 36.4 Å². The molecule has 1 N–H and O–H groups in total. The number of carboxylic acid groups (broad SMARTS) is 1. The summed E-state index contributed by atoms with van der Waals surface area (Å²) in [6, 6.07) is 8.94. The summed E-state index contributed by atoms with van der Waals surface area (Å²) in [6.45, 7) is 0. The molecule has 0 bridgehead atoms. The highest BCUT2D eigenvalue weighted by Crippen LogP contribution is 2.33. The van der Waals surface area contributed by atoms with Gasteiger partial charge in [-0.1, -0.05) is 0 Å². The molecule has 2 aromatic rings. The number of benzene rings is 2. The lowest BCUT2D eigenvalue weighted by atomic mass is 10.0. The molecule has 0 aliphatic carbocycles. The van der Waals surface area contributed by atoms with Gasteiger partial charge < -0.3 is 5.11 Å². The highest BCUT2D eigenvalue weighted by atomic mass is 16.4. The summed E-state index contributed by atoms with van der Waals surface area (Å²) in [7, 11) is 0. The fourth-order valence-corrected chi connectivity index (χ4v) is 2.46. The standard InChI is InChI=1S/C15H8N2O2/c18-15(19)9-1-2-12-10(5-9)11-7-13-8(3-4-16-13)6-14(11)17-12/h1-7H,(H,18,19). The number of carboxylic acids is 1. The molecule has 19 heavy (non-hydrogen) atoms. The summed E-state index contributed by atoms with van der Waals surface area (Å²) in [5, 5.41) is 10.8. The van der Waals surface area contributed by atoms with E-state index >= 15 is 0 Å². The predicted octanol–water partition coefficient (Wildman–Crippen LogP) is 1.92. The van der Waals surface area contributed by atoms with Crippen LogP contribution in [0.25, 0.3) is 17.2 Å². The molecule has 0 spiro atoms. The van der Waals surface area contributed by atoms with Gasteiger partial charge in [0.2, 0.25) is 0 Å². The molecule has 0 amide bonds. The molecule has 4 rings (SSSR count). The molecule has 90 valence electrons. The normalized spacial score (nSPS) is 13.3. The number of nitrogens with zero attached hydrogens (tertiary/aromatic N) is 2. The molecule has 0 atom stereocenters. The third kappa shape index (κ3) is 1.37. The van der Waals surface area contributed by atoms with Gasteiger partial charge in [0.15, 0.2) is 0 Å². The Hall–Kier alpha value is -2.75. The van der Waals surface area contributed by atoms with Crippen LogP contribution in [0.4, 0.5) is 5.69 Å². The number of hydrogen-bond donors (Lipinski definition) is 1. The highest BCUT2D eigenvalue weighted by Gasteiger charge is 2.17. The predicted molar refractivity (Wildman–Crippen MR) is 69.8 cm³/mol. The molecule has 2 aromatic carbocycles. The summed E-state index contributed by atoms with van der Waals surface area (Å²) in [4.78, 5) is 19.8. The molecule has 4 nitrogen and oxygen atoms in total. The molecule has 4 heteroatoms. The van der Waals surface area contributed by atoms with Gasteiger partial charge in [0, 0.05) is 22.9 Å². The Bertz CT molecular complexity index is 895. The van der Waals surface area contributed by atoms with Gasteiger partial charge in [-0.2, -0.15) is 0 Å². The van der Waals surface area contributed by atoms with Crippen LogP contribution in [-0.2, 0) is 0 Å². The molecule has 2 aliphatic rings. The van der Waals surface area contributed by atoms with Crippen molar-refractivity contribution < 1.29 is 9.90 Å². The average molecular weight is 248 g/mol. The molecular formula is C15H8N2O2. The third-order valence-electron chi connectivity index (χ3n) is 3.39. The monoisotopic (exact) mass is 248 g/mol. The van der Waals surface area contributed by atoms with Crippen molar-refractivity contribution in [2.24, 2.45) is 9.98 Å². The summed E-state index contributed by atoms with van der Waals surface area (Å²) in [5.74, 6) is -0.927. The van der Waals surface area contributed by atoms with E-state index in [2.05, 4.69) is 9.98 Å². The minimum absolute atomic E-state index is 0.275. The van der Waals surface area contributed by atoms with E-state index in [9.17, 15) is 4.79 Å². The van der Waals surface area contributed by atoms with Crippen molar-refractivity contribution >= 4 is 17.7 Å². The molecule has 0 saturated carbocycles. The number of hydrogen-bond acceptors (Lipinski definition) is 3. The van der Waals surface area contributed by atoms with Crippen molar-refractivity contribution in [3.05, 3.63) is 58.4 Å². The second-order valence-electron chi connectivity index (χ2n) is 4.52. The second kappa shape index (κ2) is 3.38. The van der Waals surface area contributed by atoms with Crippen molar-refractivity contribution in [2.45, 2.75) is 0 Å². The average Bonchev–Trinajstić information content (AvgIpc) is 2.98. The van der Waals surface area contributed by atoms with Gasteiger partial charge in [0.05, 0.1) is 22.0 Å².